The Morgan fingerprint density at radius 1 is 0.667 bits per heavy atom. The van der Waals surface area contributed by atoms with Crippen molar-refractivity contribution >= 4 is 7.25 Å². The minimum Gasteiger partial charge on any atom is -0.418 e. The first-order chi connectivity index (χ1) is 8.41. The normalized spacial score (nSPS) is 11.0. The molecule has 18 heavy (non-hydrogen) atoms. The molecular weight excluding hydrogens is 243 g/mol. The second kappa shape index (κ2) is 14.8. The molecule has 0 amide bonds. The molecule has 111 valence electrons. The van der Waals surface area contributed by atoms with E-state index < -0.39 is 7.25 Å². The van der Waals surface area contributed by atoms with Crippen molar-refractivity contribution in [3.05, 3.63) is 6.42 Å². The third kappa shape index (κ3) is 36.0. The van der Waals surface area contributed by atoms with Crippen LogP contribution < -0.4 is 0 Å². The van der Waals surface area contributed by atoms with Crippen molar-refractivity contribution in [3.63, 3.8) is 0 Å². The number of rotatable bonds is 10. The SMILES string of the molecule is CCC[CH]CCCCCCCCC.F[B-](F)(F)F. The van der Waals surface area contributed by atoms with Gasteiger partial charge in [0.25, 0.3) is 0 Å². The molecule has 0 fully saturated rings. The summed E-state index contributed by atoms with van der Waals surface area (Å²) in [4.78, 5) is 0. The Morgan fingerprint density at radius 2 is 1.11 bits per heavy atom. The van der Waals surface area contributed by atoms with Gasteiger partial charge in [-0.2, -0.15) is 0 Å². The Hall–Kier alpha value is -0.215. The molecule has 0 aromatic carbocycles. The van der Waals surface area contributed by atoms with Crippen molar-refractivity contribution in [1.82, 2.24) is 0 Å². The first-order valence-corrected chi connectivity index (χ1v) is 7.10. The average molecular weight is 270 g/mol. The van der Waals surface area contributed by atoms with Crippen LogP contribution in [0.2, 0.25) is 0 Å². The van der Waals surface area contributed by atoms with Gasteiger partial charge in [-0.25, -0.2) is 0 Å². The van der Waals surface area contributed by atoms with Crippen molar-refractivity contribution in [2.45, 2.75) is 78.1 Å². The van der Waals surface area contributed by atoms with Gasteiger partial charge in [-0.3, -0.25) is 0 Å². The topological polar surface area (TPSA) is 0 Å². The summed E-state index contributed by atoms with van der Waals surface area (Å²) in [6.45, 7) is 4.53. The molecular formula is C13H27BF4-. The van der Waals surface area contributed by atoms with E-state index in [1.807, 2.05) is 0 Å². The van der Waals surface area contributed by atoms with Crippen molar-refractivity contribution in [2.75, 3.05) is 0 Å². The molecule has 0 N–H and O–H groups in total. The van der Waals surface area contributed by atoms with Crippen LogP contribution in [0.3, 0.4) is 0 Å². The van der Waals surface area contributed by atoms with Crippen molar-refractivity contribution in [1.29, 1.82) is 0 Å². The second-order valence-corrected chi connectivity index (χ2v) is 4.48. The van der Waals surface area contributed by atoms with Crippen molar-refractivity contribution < 1.29 is 17.3 Å². The Balaban J connectivity index is 0. The van der Waals surface area contributed by atoms with Crippen LogP contribution in [-0.4, -0.2) is 7.25 Å². The van der Waals surface area contributed by atoms with Crippen molar-refractivity contribution in [3.8, 4) is 0 Å². The molecule has 1 radical (unpaired) electrons. The zero-order chi connectivity index (χ0) is 14.3. The fourth-order valence-electron chi connectivity index (χ4n) is 1.59. The Bertz CT molecular complexity index is 132. The number of halogens is 4. The highest BCUT2D eigenvalue weighted by Gasteiger charge is 2.20. The Labute approximate surface area is 110 Å². The molecule has 0 aliphatic carbocycles. The molecule has 0 aliphatic heterocycles. The third-order valence-corrected chi connectivity index (χ3v) is 2.50. The van der Waals surface area contributed by atoms with Gasteiger partial charge in [-0.05, 0) is 6.42 Å². The van der Waals surface area contributed by atoms with Crippen LogP contribution in [0.5, 0.6) is 0 Å². The monoisotopic (exact) mass is 270 g/mol. The second-order valence-electron chi connectivity index (χ2n) is 4.48. The summed E-state index contributed by atoms with van der Waals surface area (Å²) < 4.78 is 39.0. The lowest BCUT2D eigenvalue weighted by atomic mass is 10.1. The zero-order valence-corrected chi connectivity index (χ0v) is 11.7. The van der Waals surface area contributed by atoms with Gasteiger partial charge >= 0.3 is 7.25 Å². The maximum absolute atomic E-state index is 9.75. The maximum atomic E-state index is 9.75. The molecule has 0 aromatic heterocycles. The minimum absolute atomic E-state index is 1.32. The van der Waals surface area contributed by atoms with Crippen LogP contribution >= 0.6 is 0 Å². The van der Waals surface area contributed by atoms with E-state index in [9.17, 15) is 17.3 Å². The molecule has 0 spiro atoms. The minimum atomic E-state index is -6.00. The molecule has 5 heteroatoms. The summed E-state index contributed by atoms with van der Waals surface area (Å²) in [6.07, 6.45) is 16.5. The van der Waals surface area contributed by atoms with Crippen LogP contribution in [0.1, 0.15) is 78.1 Å². The molecule has 0 nitrogen and oxygen atoms in total. The highest BCUT2D eigenvalue weighted by atomic mass is 19.5. The molecule has 0 bridgehead atoms. The molecule has 0 saturated carbocycles. The molecule has 0 saturated heterocycles. The van der Waals surface area contributed by atoms with Crippen LogP contribution in [-0.2, 0) is 0 Å². The fraction of sp³-hybridized carbons (Fsp3) is 0.923. The van der Waals surface area contributed by atoms with Crippen LogP contribution in [0.25, 0.3) is 0 Å². The van der Waals surface area contributed by atoms with Gasteiger partial charge < -0.3 is 17.3 Å². The smallest absolute Gasteiger partial charge is 0.418 e. The third-order valence-electron chi connectivity index (χ3n) is 2.50. The first-order valence-electron chi connectivity index (χ1n) is 7.10. The maximum Gasteiger partial charge on any atom is 0.673 e. The van der Waals surface area contributed by atoms with Gasteiger partial charge in [0.2, 0.25) is 0 Å². The summed E-state index contributed by atoms with van der Waals surface area (Å²) in [5.74, 6) is 0. The van der Waals surface area contributed by atoms with Gasteiger partial charge in [0.15, 0.2) is 0 Å². The van der Waals surface area contributed by atoms with E-state index in [0.29, 0.717) is 0 Å². The predicted octanol–water partition coefficient (Wildman–Crippen LogP) is 6.43. The summed E-state index contributed by atoms with van der Waals surface area (Å²) >= 11 is 0. The summed E-state index contributed by atoms with van der Waals surface area (Å²) in [5.41, 5.74) is 0. The van der Waals surface area contributed by atoms with Crippen LogP contribution in [0.15, 0.2) is 0 Å². The predicted molar refractivity (Wildman–Crippen MR) is 72.0 cm³/mol. The van der Waals surface area contributed by atoms with E-state index in [1.54, 1.807) is 0 Å². The lowest BCUT2D eigenvalue weighted by molar-refractivity contribution is 0.368. The summed E-state index contributed by atoms with van der Waals surface area (Å²) in [6, 6.07) is 0. The Kier molecular flexibility index (Phi) is 16.6. The molecule has 0 aromatic rings. The standard InChI is InChI=1S/C13H27.BF4/c1-3-5-7-9-11-13-12-10-8-6-4-2;2-1(3,4)5/h7H,3-6,8-13H2,1-2H3;/q;-1. The first kappa shape index (κ1) is 20.1. The van der Waals surface area contributed by atoms with Gasteiger partial charge in [-0.15, -0.1) is 0 Å². The average Bonchev–Trinajstić information content (AvgIpc) is 2.25. The molecule has 0 heterocycles. The van der Waals surface area contributed by atoms with Gasteiger partial charge in [0.1, 0.15) is 0 Å². The van der Waals surface area contributed by atoms with E-state index in [-0.39, 0.29) is 0 Å². The quantitative estimate of drug-likeness (QED) is 0.244. The Morgan fingerprint density at radius 3 is 1.56 bits per heavy atom. The van der Waals surface area contributed by atoms with Crippen LogP contribution in [0.4, 0.5) is 17.3 Å². The molecule has 0 unspecified atom stereocenters. The van der Waals surface area contributed by atoms with E-state index in [4.69, 9.17) is 0 Å². The number of unbranched alkanes of at least 4 members (excludes halogenated alkanes) is 10. The largest absolute Gasteiger partial charge is 0.673 e. The fourth-order valence-corrected chi connectivity index (χ4v) is 1.59. The molecule has 0 rings (SSSR count). The van der Waals surface area contributed by atoms with Gasteiger partial charge in [0.05, 0.1) is 0 Å². The summed E-state index contributed by atoms with van der Waals surface area (Å²) in [5, 5.41) is 0. The number of hydrogen-bond acceptors (Lipinski definition) is 0. The summed E-state index contributed by atoms with van der Waals surface area (Å²) in [7, 11) is -6.00. The lowest BCUT2D eigenvalue weighted by Crippen LogP contribution is -2.02. The van der Waals surface area contributed by atoms with Gasteiger partial charge in [-0.1, -0.05) is 78.1 Å². The van der Waals surface area contributed by atoms with E-state index >= 15 is 0 Å². The van der Waals surface area contributed by atoms with Crippen LogP contribution in [0, 0.1) is 6.42 Å². The lowest BCUT2D eigenvalue weighted by Gasteiger charge is -2.00. The zero-order valence-electron chi connectivity index (χ0n) is 11.7. The van der Waals surface area contributed by atoms with Gasteiger partial charge in [0, 0.05) is 0 Å². The highest BCUT2D eigenvalue weighted by molar-refractivity contribution is 6.50. The van der Waals surface area contributed by atoms with Crippen molar-refractivity contribution in [2.24, 2.45) is 0 Å². The molecule has 0 atom stereocenters. The highest BCUT2D eigenvalue weighted by Crippen LogP contribution is 2.10. The van der Waals surface area contributed by atoms with E-state index in [0.717, 1.165) is 0 Å². The number of hydrogen-bond donors (Lipinski definition) is 0. The molecule has 0 aliphatic rings. The van der Waals surface area contributed by atoms with E-state index in [1.165, 1.54) is 64.2 Å². The van der Waals surface area contributed by atoms with E-state index in [2.05, 4.69) is 20.3 Å².